The second kappa shape index (κ2) is 5.45. The summed E-state index contributed by atoms with van der Waals surface area (Å²) in [6, 6.07) is 6.84. The fourth-order valence-corrected chi connectivity index (χ4v) is 3.05. The van der Waals surface area contributed by atoms with Gasteiger partial charge >= 0.3 is 0 Å². The molecule has 6 nitrogen and oxygen atoms in total. The summed E-state index contributed by atoms with van der Waals surface area (Å²) in [6.07, 6.45) is 1.63. The zero-order valence-electron chi connectivity index (χ0n) is 10.4. The van der Waals surface area contributed by atoms with Crippen LogP contribution in [0.15, 0.2) is 49.0 Å². The SMILES string of the molecule is O=c1[nH][nH]c(=O)c2c(Nc3ncc(Br)cc3Br)cccc12. The molecule has 1 aromatic carbocycles. The number of fused-ring (bicyclic) bond motifs is 1. The summed E-state index contributed by atoms with van der Waals surface area (Å²) in [5.74, 6) is 0.547. The van der Waals surface area contributed by atoms with E-state index in [1.54, 1.807) is 24.4 Å². The smallest absolute Gasteiger partial charge is 0.272 e. The van der Waals surface area contributed by atoms with Crippen molar-refractivity contribution in [2.75, 3.05) is 5.32 Å². The Kier molecular flexibility index (Phi) is 3.64. The van der Waals surface area contributed by atoms with Crippen molar-refractivity contribution in [3.63, 3.8) is 0 Å². The number of H-pyrrole nitrogens is 2. The van der Waals surface area contributed by atoms with Gasteiger partial charge in [-0.2, -0.15) is 0 Å². The molecule has 3 aromatic rings. The molecule has 106 valence electrons. The maximum atomic E-state index is 12.0. The Labute approximate surface area is 134 Å². The second-order valence-corrected chi connectivity index (χ2v) is 6.02. The summed E-state index contributed by atoms with van der Waals surface area (Å²) < 4.78 is 1.56. The van der Waals surface area contributed by atoms with Crippen molar-refractivity contribution in [2.24, 2.45) is 0 Å². The Morgan fingerprint density at radius 1 is 1.10 bits per heavy atom. The highest BCUT2D eigenvalue weighted by Gasteiger charge is 2.10. The summed E-state index contributed by atoms with van der Waals surface area (Å²) in [5, 5.41) is 8.29. The molecule has 2 aromatic heterocycles. The highest BCUT2D eigenvalue weighted by atomic mass is 79.9. The lowest BCUT2D eigenvalue weighted by Gasteiger charge is -2.09. The predicted molar refractivity (Wildman–Crippen MR) is 88.1 cm³/mol. The lowest BCUT2D eigenvalue weighted by atomic mass is 10.1. The average Bonchev–Trinajstić information content (AvgIpc) is 2.46. The van der Waals surface area contributed by atoms with E-state index in [1.165, 1.54) is 0 Å². The molecule has 3 N–H and O–H groups in total. The summed E-state index contributed by atoms with van der Waals surface area (Å²) in [6.45, 7) is 0. The topological polar surface area (TPSA) is 90.6 Å². The third-order valence-corrected chi connectivity index (χ3v) is 3.92. The highest BCUT2D eigenvalue weighted by Crippen LogP contribution is 2.28. The van der Waals surface area contributed by atoms with E-state index in [1.807, 2.05) is 6.07 Å². The van der Waals surface area contributed by atoms with Crippen LogP contribution in [0.25, 0.3) is 10.8 Å². The molecule has 0 radical (unpaired) electrons. The van der Waals surface area contributed by atoms with E-state index in [0.29, 0.717) is 16.9 Å². The zero-order chi connectivity index (χ0) is 15.0. The number of benzene rings is 1. The molecule has 0 aliphatic carbocycles. The molecular formula is C13H8Br2N4O2. The van der Waals surface area contributed by atoms with Crippen LogP contribution in [0, 0.1) is 0 Å². The lowest BCUT2D eigenvalue weighted by molar-refractivity contribution is 0.977. The standard InChI is InChI=1S/C13H8Br2N4O2/c14-6-4-8(15)11(16-5-6)17-9-3-1-2-7-10(9)13(21)19-18-12(7)20/h1-5H,(H,16,17)(H,18,20)(H,19,21). The second-order valence-electron chi connectivity index (χ2n) is 4.25. The number of hydrogen-bond acceptors (Lipinski definition) is 4. The van der Waals surface area contributed by atoms with Gasteiger partial charge in [-0.25, -0.2) is 4.98 Å². The molecule has 8 heteroatoms. The number of rotatable bonds is 2. The van der Waals surface area contributed by atoms with Gasteiger partial charge in [0.15, 0.2) is 0 Å². The number of halogens is 2. The van der Waals surface area contributed by atoms with E-state index in [2.05, 4.69) is 52.4 Å². The summed E-state index contributed by atoms with van der Waals surface area (Å²) in [4.78, 5) is 28.0. The van der Waals surface area contributed by atoms with Crippen LogP contribution in [0.1, 0.15) is 0 Å². The molecule has 0 unspecified atom stereocenters. The lowest BCUT2D eigenvalue weighted by Crippen LogP contribution is -2.19. The minimum absolute atomic E-state index is 0.290. The van der Waals surface area contributed by atoms with Crippen LogP contribution in [-0.4, -0.2) is 15.2 Å². The summed E-state index contributed by atoms with van der Waals surface area (Å²) in [7, 11) is 0. The van der Waals surface area contributed by atoms with Gasteiger partial charge in [-0.15, -0.1) is 0 Å². The van der Waals surface area contributed by atoms with Gasteiger partial charge in [-0.1, -0.05) is 6.07 Å². The predicted octanol–water partition coefficient (Wildman–Crippen LogP) is 2.88. The number of aromatic amines is 2. The third kappa shape index (κ3) is 2.64. The fourth-order valence-electron chi connectivity index (χ4n) is 1.97. The third-order valence-electron chi connectivity index (χ3n) is 2.89. The van der Waals surface area contributed by atoms with E-state index in [-0.39, 0.29) is 16.5 Å². The molecule has 0 atom stereocenters. The minimum Gasteiger partial charge on any atom is -0.339 e. The van der Waals surface area contributed by atoms with Crippen LogP contribution >= 0.6 is 31.9 Å². The molecule has 0 bridgehead atoms. The Morgan fingerprint density at radius 2 is 1.86 bits per heavy atom. The van der Waals surface area contributed by atoms with Crippen LogP contribution in [0.5, 0.6) is 0 Å². The molecule has 0 saturated carbocycles. The van der Waals surface area contributed by atoms with Gasteiger partial charge in [-0.05, 0) is 50.1 Å². The van der Waals surface area contributed by atoms with E-state index in [9.17, 15) is 9.59 Å². The molecule has 2 heterocycles. The number of hydrogen-bond donors (Lipinski definition) is 3. The maximum Gasteiger partial charge on any atom is 0.272 e. The van der Waals surface area contributed by atoms with Crippen molar-refractivity contribution in [2.45, 2.75) is 0 Å². The summed E-state index contributed by atoms with van der Waals surface area (Å²) in [5.41, 5.74) is -0.215. The van der Waals surface area contributed by atoms with Crippen LogP contribution in [0.2, 0.25) is 0 Å². The quantitative estimate of drug-likeness (QED) is 0.604. The highest BCUT2D eigenvalue weighted by molar-refractivity contribution is 9.11. The number of anilines is 2. The van der Waals surface area contributed by atoms with Crippen LogP contribution in [0.3, 0.4) is 0 Å². The molecule has 0 spiro atoms. The molecule has 21 heavy (non-hydrogen) atoms. The number of pyridine rings is 1. The van der Waals surface area contributed by atoms with Crippen molar-refractivity contribution in [1.29, 1.82) is 0 Å². The number of aromatic nitrogens is 3. The maximum absolute atomic E-state index is 12.0. The van der Waals surface area contributed by atoms with E-state index in [0.717, 1.165) is 8.95 Å². The zero-order valence-corrected chi connectivity index (χ0v) is 13.6. The fraction of sp³-hybridized carbons (Fsp3) is 0. The largest absolute Gasteiger partial charge is 0.339 e. The number of nitrogens with zero attached hydrogens (tertiary/aromatic N) is 1. The molecule has 0 saturated heterocycles. The molecule has 3 rings (SSSR count). The van der Waals surface area contributed by atoms with Crippen molar-refractivity contribution in [3.8, 4) is 0 Å². The average molecular weight is 412 g/mol. The first-order valence-corrected chi connectivity index (χ1v) is 7.46. The van der Waals surface area contributed by atoms with Gasteiger partial charge in [0.1, 0.15) is 5.82 Å². The Morgan fingerprint density at radius 3 is 2.62 bits per heavy atom. The van der Waals surface area contributed by atoms with Crippen molar-refractivity contribution >= 4 is 54.1 Å². The van der Waals surface area contributed by atoms with E-state index < -0.39 is 0 Å². The monoisotopic (exact) mass is 410 g/mol. The van der Waals surface area contributed by atoms with Crippen molar-refractivity contribution < 1.29 is 0 Å². The molecular weight excluding hydrogens is 404 g/mol. The van der Waals surface area contributed by atoms with Gasteiger partial charge in [0, 0.05) is 10.7 Å². The van der Waals surface area contributed by atoms with Gasteiger partial charge in [0.25, 0.3) is 11.1 Å². The molecule has 0 fully saturated rings. The normalized spacial score (nSPS) is 10.8. The van der Waals surface area contributed by atoms with Crippen molar-refractivity contribution in [1.82, 2.24) is 15.2 Å². The number of nitrogens with one attached hydrogen (secondary N) is 3. The minimum atomic E-state index is -0.374. The first kappa shape index (κ1) is 14.0. The van der Waals surface area contributed by atoms with Gasteiger partial charge in [-0.3, -0.25) is 19.8 Å². The van der Waals surface area contributed by atoms with Gasteiger partial charge in [0.05, 0.1) is 20.9 Å². The van der Waals surface area contributed by atoms with Crippen LogP contribution < -0.4 is 16.4 Å². The van der Waals surface area contributed by atoms with Crippen LogP contribution in [-0.2, 0) is 0 Å². The first-order chi connectivity index (χ1) is 10.1. The molecule has 0 aliphatic heterocycles. The Bertz CT molecular complexity index is 949. The summed E-state index contributed by atoms with van der Waals surface area (Å²) >= 11 is 6.71. The molecule has 0 aliphatic rings. The molecule has 0 amide bonds. The van der Waals surface area contributed by atoms with E-state index >= 15 is 0 Å². The van der Waals surface area contributed by atoms with Gasteiger partial charge in [0.2, 0.25) is 0 Å². The Balaban J connectivity index is 2.20. The first-order valence-electron chi connectivity index (χ1n) is 5.88. The van der Waals surface area contributed by atoms with E-state index in [4.69, 9.17) is 0 Å². The van der Waals surface area contributed by atoms with Gasteiger partial charge < -0.3 is 5.32 Å². The van der Waals surface area contributed by atoms with Crippen molar-refractivity contribution in [3.05, 3.63) is 60.1 Å². The van der Waals surface area contributed by atoms with Crippen LogP contribution in [0.4, 0.5) is 11.5 Å². The Hall–Kier alpha value is -1.93.